The van der Waals surface area contributed by atoms with E-state index in [0.717, 1.165) is 22.6 Å². The molecule has 0 fully saturated rings. The normalized spacial score (nSPS) is 10.6. The van der Waals surface area contributed by atoms with E-state index in [1.807, 2.05) is 48.5 Å². The van der Waals surface area contributed by atoms with Crippen molar-refractivity contribution in [2.45, 2.75) is 13.1 Å². The summed E-state index contributed by atoms with van der Waals surface area (Å²) in [5.41, 5.74) is 2.13. The first-order chi connectivity index (χ1) is 13.5. The number of carbonyl (C=O) groups excluding carboxylic acids is 1. The van der Waals surface area contributed by atoms with Gasteiger partial charge in [0.1, 0.15) is 11.5 Å². The maximum Gasteiger partial charge on any atom is 0.241 e. The highest BCUT2D eigenvalue weighted by Gasteiger charge is 2.06. The highest BCUT2D eigenvalue weighted by molar-refractivity contribution is 14.0. The van der Waals surface area contributed by atoms with E-state index >= 15 is 0 Å². The van der Waals surface area contributed by atoms with Gasteiger partial charge in [0.05, 0.1) is 27.3 Å². The maximum atomic E-state index is 11.9. The average molecular weight is 512 g/mol. The van der Waals surface area contributed by atoms with Gasteiger partial charge in [0.15, 0.2) is 5.96 Å². The number of carbonyl (C=O) groups is 1. The Morgan fingerprint density at radius 2 is 1.41 bits per heavy atom. The molecule has 0 aromatic heterocycles. The lowest BCUT2D eigenvalue weighted by atomic mass is 10.2. The van der Waals surface area contributed by atoms with Gasteiger partial charge in [-0.05, 0) is 35.4 Å². The minimum atomic E-state index is -0.0246. The number of ether oxygens (including phenoxy) is 2. The van der Waals surface area contributed by atoms with Crippen LogP contribution >= 0.6 is 24.0 Å². The van der Waals surface area contributed by atoms with Crippen LogP contribution in [0.2, 0.25) is 0 Å². The number of aliphatic imine (C=N–C) groups is 1. The summed E-state index contributed by atoms with van der Waals surface area (Å²) in [4.78, 5) is 18.0. The standard InChI is InChI=1S/C21H28N4O3.HI/c1-25(2)20(26)15-24-21(22-13-16-5-9-18(27-3)10-6-16)23-14-17-7-11-19(28-4)12-8-17;/h5-12H,13-15H2,1-4H3,(H2,22,23,24);1H. The second-order valence-corrected chi connectivity index (χ2v) is 6.36. The molecule has 0 radical (unpaired) electrons. The van der Waals surface area contributed by atoms with Gasteiger partial charge in [0.25, 0.3) is 0 Å². The summed E-state index contributed by atoms with van der Waals surface area (Å²) in [5, 5.41) is 6.35. The molecule has 0 heterocycles. The Morgan fingerprint density at radius 1 is 0.897 bits per heavy atom. The number of hydrogen-bond acceptors (Lipinski definition) is 4. The first-order valence-electron chi connectivity index (χ1n) is 9.00. The fraction of sp³-hybridized carbons (Fsp3) is 0.333. The first kappa shape index (κ1) is 24.5. The topological polar surface area (TPSA) is 75.2 Å². The van der Waals surface area contributed by atoms with Gasteiger partial charge < -0.3 is 25.0 Å². The number of hydrogen-bond donors (Lipinski definition) is 2. The van der Waals surface area contributed by atoms with E-state index < -0.39 is 0 Å². The van der Waals surface area contributed by atoms with Crippen LogP contribution in [0.4, 0.5) is 0 Å². The van der Waals surface area contributed by atoms with E-state index in [9.17, 15) is 4.79 Å². The SMILES string of the molecule is COc1ccc(CN=C(NCC(=O)N(C)C)NCc2ccc(OC)cc2)cc1.I. The van der Waals surface area contributed by atoms with Crippen LogP contribution in [0.5, 0.6) is 11.5 Å². The predicted molar refractivity (Wildman–Crippen MR) is 126 cm³/mol. The number of amides is 1. The van der Waals surface area contributed by atoms with Crippen LogP contribution < -0.4 is 20.1 Å². The molecule has 2 aromatic carbocycles. The molecule has 0 bridgehead atoms. The Hall–Kier alpha value is -2.49. The number of benzene rings is 2. The van der Waals surface area contributed by atoms with Gasteiger partial charge in [-0.3, -0.25) is 4.79 Å². The molecular formula is C21H29IN4O3. The summed E-state index contributed by atoms with van der Waals surface area (Å²) in [6.07, 6.45) is 0. The van der Waals surface area contributed by atoms with Crippen molar-refractivity contribution >= 4 is 35.8 Å². The number of nitrogens with one attached hydrogen (secondary N) is 2. The van der Waals surface area contributed by atoms with E-state index in [-0.39, 0.29) is 36.4 Å². The molecular weight excluding hydrogens is 483 g/mol. The smallest absolute Gasteiger partial charge is 0.241 e. The third-order valence-corrected chi connectivity index (χ3v) is 4.10. The van der Waals surface area contributed by atoms with Crippen LogP contribution in [-0.2, 0) is 17.9 Å². The molecule has 7 nitrogen and oxygen atoms in total. The molecule has 0 aliphatic heterocycles. The summed E-state index contributed by atoms with van der Waals surface area (Å²) in [6.45, 7) is 1.23. The van der Waals surface area contributed by atoms with Crippen LogP contribution in [0.15, 0.2) is 53.5 Å². The summed E-state index contributed by atoms with van der Waals surface area (Å²) >= 11 is 0. The minimum absolute atomic E-state index is 0. The highest BCUT2D eigenvalue weighted by atomic mass is 127. The van der Waals surface area contributed by atoms with Crippen molar-refractivity contribution in [3.63, 3.8) is 0 Å². The minimum Gasteiger partial charge on any atom is -0.497 e. The number of guanidine groups is 1. The van der Waals surface area contributed by atoms with E-state index in [0.29, 0.717) is 19.0 Å². The zero-order valence-electron chi connectivity index (χ0n) is 17.3. The van der Waals surface area contributed by atoms with Gasteiger partial charge >= 0.3 is 0 Å². The molecule has 1 amide bonds. The third-order valence-electron chi connectivity index (χ3n) is 4.10. The number of halogens is 1. The zero-order chi connectivity index (χ0) is 20.4. The van der Waals surface area contributed by atoms with Gasteiger partial charge in [-0.25, -0.2) is 4.99 Å². The summed E-state index contributed by atoms with van der Waals surface area (Å²) in [7, 11) is 6.73. The van der Waals surface area contributed by atoms with Crippen LogP contribution in [0.1, 0.15) is 11.1 Å². The number of likely N-dealkylation sites (N-methyl/N-ethyl adjacent to an activating group) is 1. The highest BCUT2D eigenvalue weighted by Crippen LogP contribution is 2.12. The Balaban J connectivity index is 0.00000420. The fourth-order valence-corrected chi connectivity index (χ4v) is 2.32. The molecule has 0 unspecified atom stereocenters. The van der Waals surface area contributed by atoms with Crippen LogP contribution in [0.3, 0.4) is 0 Å². The lowest BCUT2D eigenvalue weighted by Crippen LogP contribution is -2.42. The van der Waals surface area contributed by atoms with E-state index in [2.05, 4.69) is 15.6 Å². The monoisotopic (exact) mass is 512 g/mol. The molecule has 0 aliphatic rings. The number of methoxy groups -OCH3 is 2. The van der Waals surface area contributed by atoms with Gasteiger partial charge in [0, 0.05) is 20.6 Å². The molecule has 0 atom stereocenters. The van der Waals surface area contributed by atoms with Gasteiger partial charge in [-0.1, -0.05) is 24.3 Å². The summed E-state index contributed by atoms with van der Waals surface area (Å²) in [6, 6.07) is 15.5. The van der Waals surface area contributed by atoms with Crippen LogP contribution in [-0.4, -0.2) is 51.6 Å². The van der Waals surface area contributed by atoms with E-state index in [4.69, 9.17) is 9.47 Å². The molecule has 2 rings (SSSR count). The Labute approximate surface area is 189 Å². The summed E-state index contributed by atoms with van der Waals surface area (Å²) < 4.78 is 10.4. The Morgan fingerprint density at radius 3 is 1.90 bits per heavy atom. The molecule has 0 saturated carbocycles. The van der Waals surface area contributed by atoms with E-state index in [1.54, 1.807) is 28.3 Å². The number of nitrogens with zero attached hydrogens (tertiary/aromatic N) is 2. The molecule has 8 heteroatoms. The van der Waals surface area contributed by atoms with Crippen molar-refractivity contribution in [2.24, 2.45) is 4.99 Å². The summed E-state index contributed by atoms with van der Waals surface area (Å²) in [5.74, 6) is 2.16. The van der Waals surface area contributed by atoms with E-state index in [1.165, 1.54) is 4.90 Å². The lowest BCUT2D eigenvalue weighted by molar-refractivity contribution is -0.127. The van der Waals surface area contributed by atoms with Crippen molar-refractivity contribution < 1.29 is 14.3 Å². The lowest BCUT2D eigenvalue weighted by Gasteiger charge is -2.15. The first-order valence-corrected chi connectivity index (χ1v) is 9.00. The zero-order valence-corrected chi connectivity index (χ0v) is 19.6. The quantitative estimate of drug-likeness (QED) is 0.323. The second-order valence-electron chi connectivity index (χ2n) is 6.36. The van der Waals surface area contributed by atoms with Gasteiger partial charge in [0.2, 0.25) is 5.91 Å². The second kappa shape index (κ2) is 12.9. The van der Waals surface area contributed by atoms with Crippen molar-refractivity contribution in [2.75, 3.05) is 34.9 Å². The van der Waals surface area contributed by atoms with Crippen LogP contribution in [0.25, 0.3) is 0 Å². The largest absolute Gasteiger partial charge is 0.497 e. The molecule has 0 spiro atoms. The Kier molecular flexibility index (Phi) is 10.9. The molecule has 0 saturated heterocycles. The van der Waals surface area contributed by atoms with Crippen LogP contribution in [0, 0.1) is 0 Å². The fourth-order valence-electron chi connectivity index (χ4n) is 2.32. The number of rotatable bonds is 8. The van der Waals surface area contributed by atoms with Gasteiger partial charge in [-0.2, -0.15) is 0 Å². The maximum absolute atomic E-state index is 11.9. The average Bonchev–Trinajstić information content (AvgIpc) is 2.73. The van der Waals surface area contributed by atoms with Crippen molar-refractivity contribution in [3.05, 3.63) is 59.7 Å². The third kappa shape index (κ3) is 8.59. The predicted octanol–water partition coefficient (Wildman–Crippen LogP) is 2.65. The van der Waals surface area contributed by atoms with Crippen molar-refractivity contribution in [1.82, 2.24) is 15.5 Å². The van der Waals surface area contributed by atoms with Crippen molar-refractivity contribution in [1.29, 1.82) is 0 Å². The molecule has 0 aliphatic carbocycles. The molecule has 158 valence electrons. The van der Waals surface area contributed by atoms with Crippen molar-refractivity contribution in [3.8, 4) is 11.5 Å². The van der Waals surface area contributed by atoms with Gasteiger partial charge in [-0.15, -0.1) is 24.0 Å². The molecule has 29 heavy (non-hydrogen) atoms. The molecule has 2 N–H and O–H groups in total. The Bertz CT molecular complexity index is 778. The molecule has 2 aromatic rings.